The molecule has 1 aliphatic rings. The third-order valence-corrected chi connectivity index (χ3v) is 4.83. The van der Waals surface area contributed by atoms with E-state index >= 15 is 0 Å². The highest BCUT2D eigenvalue weighted by Gasteiger charge is 2.40. The molecule has 1 aliphatic carbocycles. The molecule has 1 N–H and O–H groups in total. The topological polar surface area (TPSA) is 68.0 Å². The Hall–Kier alpha value is -1.69. The van der Waals surface area contributed by atoms with Crippen LogP contribution in [0, 0.1) is 6.92 Å². The zero-order chi connectivity index (χ0) is 15.6. The summed E-state index contributed by atoms with van der Waals surface area (Å²) in [5, 5.41) is 7.23. The summed E-state index contributed by atoms with van der Waals surface area (Å²) in [6, 6.07) is 7.41. The average molecular weight is 364 g/mol. The molecule has 0 atom stereocenters. The van der Waals surface area contributed by atoms with Gasteiger partial charge in [0.25, 0.3) is 5.91 Å². The van der Waals surface area contributed by atoms with Crippen molar-refractivity contribution in [2.75, 3.05) is 0 Å². The summed E-state index contributed by atoms with van der Waals surface area (Å²) in [6.07, 6.45) is 4.93. The molecule has 22 heavy (non-hydrogen) atoms. The van der Waals surface area contributed by atoms with E-state index in [1.807, 2.05) is 18.2 Å². The number of aryl methyl sites for hydroxylation is 1. The second-order valence-electron chi connectivity index (χ2n) is 5.71. The first-order valence-electron chi connectivity index (χ1n) is 7.49. The van der Waals surface area contributed by atoms with Crippen LogP contribution < -0.4 is 5.32 Å². The number of carbonyl (C=O) groups excluding carboxylic acids is 1. The van der Waals surface area contributed by atoms with Crippen molar-refractivity contribution in [1.29, 1.82) is 0 Å². The van der Waals surface area contributed by atoms with Gasteiger partial charge in [-0.05, 0) is 40.9 Å². The van der Waals surface area contributed by atoms with Crippen LogP contribution in [0.2, 0.25) is 0 Å². The number of carbonyl (C=O) groups is 1. The van der Waals surface area contributed by atoms with Gasteiger partial charge >= 0.3 is 0 Å². The molecule has 1 aromatic heterocycles. The van der Waals surface area contributed by atoms with E-state index in [-0.39, 0.29) is 5.91 Å². The van der Waals surface area contributed by atoms with Gasteiger partial charge in [-0.1, -0.05) is 36.6 Å². The molecule has 1 aromatic carbocycles. The second-order valence-corrected chi connectivity index (χ2v) is 6.57. The SMILES string of the molecule is Cc1nc(C2(NC(=O)c3ccccc3Br)CCCCC2)no1. The molecule has 6 heteroatoms. The van der Waals surface area contributed by atoms with Crippen molar-refractivity contribution in [1.82, 2.24) is 15.5 Å². The maximum Gasteiger partial charge on any atom is 0.253 e. The van der Waals surface area contributed by atoms with Gasteiger partial charge in [0, 0.05) is 11.4 Å². The van der Waals surface area contributed by atoms with Gasteiger partial charge in [-0.3, -0.25) is 4.79 Å². The first-order valence-corrected chi connectivity index (χ1v) is 8.28. The van der Waals surface area contributed by atoms with E-state index in [0.29, 0.717) is 17.3 Å². The van der Waals surface area contributed by atoms with Crippen LogP contribution >= 0.6 is 15.9 Å². The number of halogens is 1. The molecule has 3 rings (SSSR count). The van der Waals surface area contributed by atoms with E-state index in [1.165, 1.54) is 6.42 Å². The molecule has 0 bridgehead atoms. The van der Waals surface area contributed by atoms with Gasteiger partial charge in [-0.15, -0.1) is 0 Å². The number of nitrogens with zero attached hydrogens (tertiary/aromatic N) is 2. The third kappa shape index (κ3) is 2.92. The molecule has 0 saturated heterocycles. The lowest BCUT2D eigenvalue weighted by atomic mass is 9.80. The number of aromatic nitrogens is 2. The summed E-state index contributed by atoms with van der Waals surface area (Å²) < 4.78 is 5.91. The predicted octanol–water partition coefficient (Wildman–Crippen LogP) is 3.73. The Balaban J connectivity index is 1.91. The predicted molar refractivity (Wildman–Crippen MR) is 85.4 cm³/mol. The van der Waals surface area contributed by atoms with Crippen molar-refractivity contribution >= 4 is 21.8 Å². The molecule has 1 heterocycles. The van der Waals surface area contributed by atoms with E-state index in [1.54, 1.807) is 13.0 Å². The molecule has 0 aliphatic heterocycles. The zero-order valence-corrected chi connectivity index (χ0v) is 14.0. The smallest absolute Gasteiger partial charge is 0.253 e. The number of amides is 1. The van der Waals surface area contributed by atoms with Gasteiger partial charge in [0.15, 0.2) is 5.82 Å². The summed E-state index contributed by atoms with van der Waals surface area (Å²) in [5.74, 6) is 0.997. The number of rotatable bonds is 3. The van der Waals surface area contributed by atoms with E-state index in [0.717, 1.165) is 30.2 Å². The summed E-state index contributed by atoms with van der Waals surface area (Å²) in [5.41, 5.74) is 0.0928. The van der Waals surface area contributed by atoms with Gasteiger partial charge in [-0.25, -0.2) is 0 Å². The van der Waals surface area contributed by atoms with Crippen molar-refractivity contribution in [3.05, 3.63) is 46.0 Å². The quantitative estimate of drug-likeness (QED) is 0.901. The molecule has 1 amide bonds. The zero-order valence-electron chi connectivity index (χ0n) is 12.4. The first kappa shape index (κ1) is 15.2. The number of nitrogens with one attached hydrogen (secondary N) is 1. The van der Waals surface area contributed by atoms with Gasteiger partial charge in [0.2, 0.25) is 5.89 Å². The Morgan fingerprint density at radius 1 is 1.27 bits per heavy atom. The molecule has 116 valence electrons. The molecular weight excluding hydrogens is 346 g/mol. The fraction of sp³-hybridized carbons (Fsp3) is 0.438. The third-order valence-electron chi connectivity index (χ3n) is 4.13. The van der Waals surface area contributed by atoms with Crippen molar-refractivity contribution in [3.63, 3.8) is 0 Å². The van der Waals surface area contributed by atoms with E-state index in [2.05, 4.69) is 31.4 Å². The van der Waals surface area contributed by atoms with Crippen LogP contribution in [0.4, 0.5) is 0 Å². The lowest BCUT2D eigenvalue weighted by Crippen LogP contribution is -2.48. The minimum atomic E-state index is -0.525. The Morgan fingerprint density at radius 2 is 2.00 bits per heavy atom. The average Bonchev–Trinajstić information content (AvgIpc) is 2.96. The van der Waals surface area contributed by atoms with Crippen LogP contribution in [0.1, 0.15) is 54.2 Å². The van der Waals surface area contributed by atoms with Gasteiger partial charge in [0.1, 0.15) is 5.54 Å². The van der Waals surface area contributed by atoms with Crippen LogP contribution in [-0.4, -0.2) is 16.0 Å². The number of hydrogen-bond acceptors (Lipinski definition) is 4. The minimum absolute atomic E-state index is 0.114. The Morgan fingerprint density at radius 3 is 2.64 bits per heavy atom. The minimum Gasteiger partial charge on any atom is -0.340 e. The normalized spacial score (nSPS) is 17.2. The molecule has 1 fully saturated rings. The fourth-order valence-electron chi connectivity index (χ4n) is 2.98. The van der Waals surface area contributed by atoms with Crippen molar-refractivity contribution in [2.24, 2.45) is 0 Å². The molecule has 1 saturated carbocycles. The highest BCUT2D eigenvalue weighted by atomic mass is 79.9. The lowest BCUT2D eigenvalue weighted by Gasteiger charge is -2.35. The molecule has 5 nitrogen and oxygen atoms in total. The summed E-state index contributed by atoms with van der Waals surface area (Å²) >= 11 is 3.43. The van der Waals surface area contributed by atoms with E-state index in [9.17, 15) is 4.79 Å². The molecule has 2 aromatic rings. The largest absolute Gasteiger partial charge is 0.340 e. The summed E-state index contributed by atoms with van der Waals surface area (Å²) in [4.78, 5) is 17.1. The monoisotopic (exact) mass is 363 g/mol. The van der Waals surface area contributed by atoms with Crippen molar-refractivity contribution in [2.45, 2.75) is 44.6 Å². The van der Waals surface area contributed by atoms with E-state index < -0.39 is 5.54 Å². The molecule has 0 radical (unpaired) electrons. The van der Waals surface area contributed by atoms with Gasteiger partial charge in [0.05, 0.1) is 5.56 Å². The maximum absolute atomic E-state index is 12.7. The summed E-state index contributed by atoms with van der Waals surface area (Å²) in [7, 11) is 0. The van der Waals surface area contributed by atoms with Crippen LogP contribution in [0.3, 0.4) is 0 Å². The standard InChI is InChI=1S/C16H18BrN3O2/c1-11-18-15(20-22-11)16(9-5-2-6-10-16)19-14(21)12-7-3-4-8-13(12)17/h3-4,7-8H,2,5-6,9-10H2,1H3,(H,19,21). The maximum atomic E-state index is 12.7. The number of hydrogen-bond donors (Lipinski definition) is 1. The summed E-state index contributed by atoms with van der Waals surface area (Å²) in [6.45, 7) is 1.77. The Kier molecular flexibility index (Phi) is 4.29. The lowest BCUT2D eigenvalue weighted by molar-refractivity contribution is 0.0854. The highest BCUT2D eigenvalue weighted by molar-refractivity contribution is 9.10. The van der Waals surface area contributed by atoms with Crippen LogP contribution in [-0.2, 0) is 5.54 Å². The fourth-order valence-corrected chi connectivity index (χ4v) is 3.45. The first-order chi connectivity index (χ1) is 10.6. The molecular formula is C16H18BrN3O2. The van der Waals surface area contributed by atoms with Crippen molar-refractivity contribution in [3.8, 4) is 0 Å². The van der Waals surface area contributed by atoms with Gasteiger partial charge < -0.3 is 9.84 Å². The molecule has 0 unspecified atom stereocenters. The Labute approximate surface area is 137 Å². The number of benzene rings is 1. The van der Waals surface area contributed by atoms with Crippen LogP contribution in [0.15, 0.2) is 33.3 Å². The van der Waals surface area contributed by atoms with Crippen LogP contribution in [0.5, 0.6) is 0 Å². The Bertz CT molecular complexity index is 678. The van der Waals surface area contributed by atoms with Gasteiger partial charge in [-0.2, -0.15) is 4.98 Å². The molecule has 0 spiro atoms. The van der Waals surface area contributed by atoms with Crippen molar-refractivity contribution < 1.29 is 9.32 Å². The highest BCUT2D eigenvalue weighted by Crippen LogP contribution is 2.36. The van der Waals surface area contributed by atoms with Crippen LogP contribution in [0.25, 0.3) is 0 Å². The van der Waals surface area contributed by atoms with E-state index in [4.69, 9.17) is 4.52 Å². The second kappa shape index (κ2) is 6.20.